The Kier molecular flexibility index (Phi) is 4.60. The van der Waals surface area contributed by atoms with Crippen LogP contribution in [0.3, 0.4) is 0 Å². The van der Waals surface area contributed by atoms with Crippen LogP contribution in [0, 0.1) is 5.82 Å². The zero-order valence-corrected chi connectivity index (χ0v) is 11.5. The number of nitrogens with one attached hydrogen (secondary N) is 1. The van der Waals surface area contributed by atoms with E-state index in [1.54, 1.807) is 13.2 Å². The van der Waals surface area contributed by atoms with Gasteiger partial charge in [-0.1, -0.05) is 17.7 Å². The molecule has 18 heavy (non-hydrogen) atoms. The topological polar surface area (TPSA) is 21.3 Å². The normalized spacial score (nSPS) is 25.3. The first-order chi connectivity index (χ1) is 8.61. The van der Waals surface area contributed by atoms with E-state index in [1.807, 2.05) is 13.0 Å². The van der Waals surface area contributed by atoms with Gasteiger partial charge in [0, 0.05) is 19.2 Å². The van der Waals surface area contributed by atoms with Crippen LogP contribution in [0.25, 0.3) is 0 Å². The maximum Gasteiger partial charge on any atom is 0.142 e. The highest BCUT2D eigenvalue weighted by atomic mass is 35.5. The third kappa shape index (κ3) is 3.02. The lowest BCUT2D eigenvalue weighted by Crippen LogP contribution is -2.38. The van der Waals surface area contributed by atoms with Gasteiger partial charge in [0.05, 0.1) is 11.1 Å². The highest BCUT2D eigenvalue weighted by Gasteiger charge is 2.28. The lowest BCUT2D eigenvalue weighted by atomic mass is 10.1. The molecule has 2 rings (SSSR count). The van der Waals surface area contributed by atoms with Gasteiger partial charge in [0.25, 0.3) is 0 Å². The van der Waals surface area contributed by atoms with E-state index < -0.39 is 0 Å². The molecular weight excluding hydrogens is 253 g/mol. The summed E-state index contributed by atoms with van der Waals surface area (Å²) >= 11 is 5.69. The number of benzene rings is 1. The van der Waals surface area contributed by atoms with Crippen LogP contribution >= 0.6 is 11.6 Å². The highest BCUT2D eigenvalue weighted by Crippen LogP contribution is 2.26. The third-order valence-electron chi connectivity index (χ3n) is 3.66. The van der Waals surface area contributed by atoms with Gasteiger partial charge in [0.2, 0.25) is 0 Å². The first-order valence-corrected chi connectivity index (χ1v) is 6.73. The molecule has 0 aromatic heterocycles. The molecule has 1 aromatic carbocycles. The number of rotatable bonds is 4. The van der Waals surface area contributed by atoms with E-state index in [1.165, 1.54) is 12.5 Å². The van der Waals surface area contributed by atoms with Crippen molar-refractivity contribution in [3.05, 3.63) is 34.6 Å². The van der Waals surface area contributed by atoms with Crippen molar-refractivity contribution in [2.45, 2.75) is 44.4 Å². The fraction of sp³-hybridized carbons (Fsp3) is 0.571. The van der Waals surface area contributed by atoms with Crippen LogP contribution in [0.4, 0.5) is 4.39 Å². The van der Waals surface area contributed by atoms with Gasteiger partial charge >= 0.3 is 0 Å². The SMILES string of the molecule is COC1CCCC1NC(C)c1ccc(Cl)c(F)c1. The molecule has 4 heteroatoms. The number of methoxy groups -OCH3 is 1. The summed E-state index contributed by atoms with van der Waals surface area (Å²) in [5.41, 5.74) is 0.915. The zero-order valence-electron chi connectivity index (χ0n) is 10.7. The van der Waals surface area contributed by atoms with Crippen molar-refractivity contribution >= 4 is 11.6 Å². The fourth-order valence-corrected chi connectivity index (χ4v) is 2.72. The largest absolute Gasteiger partial charge is 0.380 e. The minimum atomic E-state index is -0.363. The predicted molar refractivity (Wildman–Crippen MR) is 71.4 cm³/mol. The van der Waals surface area contributed by atoms with E-state index in [9.17, 15) is 4.39 Å². The average Bonchev–Trinajstić information content (AvgIpc) is 2.79. The van der Waals surface area contributed by atoms with Crippen molar-refractivity contribution in [2.24, 2.45) is 0 Å². The van der Waals surface area contributed by atoms with Gasteiger partial charge in [-0.3, -0.25) is 0 Å². The molecule has 0 radical (unpaired) electrons. The second kappa shape index (κ2) is 6.00. The maximum atomic E-state index is 13.4. The van der Waals surface area contributed by atoms with Crippen molar-refractivity contribution in [2.75, 3.05) is 7.11 Å². The van der Waals surface area contributed by atoms with Crippen LogP contribution in [-0.2, 0) is 4.74 Å². The maximum absolute atomic E-state index is 13.4. The van der Waals surface area contributed by atoms with Crippen LogP contribution in [0.2, 0.25) is 5.02 Å². The number of ether oxygens (including phenoxy) is 1. The van der Waals surface area contributed by atoms with E-state index in [0.29, 0.717) is 6.04 Å². The van der Waals surface area contributed by atoms with E-state index in [2.05, 4.69) is 5.32 Å². The summed E-state index contributed by atoms with van der Waals surface area (Å²) in [7, 11) is 1.75. The summed E-state index contributed by atoms with van der Waals surface area (Å²) in [5.74, 6) is -0.363. The summed E-state index contributed by atoms with van der Waals surface area (Å²) in [6, 6.07) is 5.41. The van der Waals surface area contributed by atoms with Gasteiger partial charge in [0.15, 0.2) is 0 Å². The summed E-state index contributed by atoms with van der Waals surface area (Å²) in [6.07, 6.45) is 3.65. The van der Waals surface area contributed by atoms with E-state index in [-0.39, 0.29) is 23.0 Å². The Morgan fingerprint density at radius 3 is 2.89 bits per heavy atom. The molecule has 2 nitrogen and oxygen atoms in total. The molecule has 0 spiro atoms. The van der Waals surface area contributed by atoms with E-state index in [0.717, 1.165) is 18.4 Å². The molecule has 0 amide bonds. The smallest absolute Gasteiger partial charge is 0.142 e. The molecule has 3 atom stereocenters. The molecule has 0 saturated heterocycles. The van der Waals surface area contributed by atoms with E-state index in [4.69, 9.17) is 16.3 Å². The molecule has 1 fully saturated rings. The van der Waals surface area contributed by atoms with Gasteiger partial charge in [0.1, 0.15) is 5.82 Å². The Bertz CT molecular complexity index is 413. The Balaban J connectivity index is 2.02. The Hall–Kier alpha value is -0.640. The molecule has 1 saturated carbocycles. The van der Waals surface area contributed by atoms with Crippen LogP contribution in [0.5, 0.6) is 0 Å². The molecule has 1 aliphatic carbocycles. The van der Waals surface area contributed by atoms with Crippen LogP contribution in [0.15, 0.2) is 18.2 Å². The highest BCUT2D eigenvalue weighted by molar-refractivity contribution is 6.30. The minimum Gasteiger partial charge on any atom is -0.380 e. The number of hydrogen-bond acceptors (Lipinski definition) is 2. The van der Waals surface area contributed by atoms with Crippen LogP contribution < -0.4 is 5.32 Å². The molecule has 100 valence electrons. The first kappa shape index (κ1) is 13.8. The fourth-order valence-electron chi connectivity index (χ4n) is 2.60. The summed E-state index contributed by atoms with van der Waals surface area (Å²) in [6.45, 7) is 2.04. The number of halogens is 2. The molecule has 0 heterocycles. The summed E-state index contributed by atoms with van der Waals surface area (Å²) < 4.78 is 18.9. The van der Waals surface area contributed by atoms with Gasteiger partial charge in [-0.2, -0.15) is 0 Å². The average molecular weight is 272 g/mol. The molecule has 1 aromatic rings. The van der Waals surface area contributed by atoms with Crippen molar-refractivity contribution in [3.8, 4) is 0 Å². The quantitative estimate of drug-likeness (QED) is 0.902. The van der Waals surface area contributed by atoms with Gasteiger partial charge < -0.3 is 10.1 Å². The summed E-state index contributed by atoms with van der Waals surface area (Å²) in [5, 5.41) is 3.68. The molecule has 0 aliphatic heterocycles. The zero-order chi connectivity index (χ0) is 13.1. The minimum absolute atomic E-state index is 0.0949. The number of hydrogen-bond donors (Lipinski definition) is 1. The predicted octanol–water partition coefficient (Wildman–Crippen LogP) is 3.70. The second-order valence-corrected chi connectivity index (χ2v) is 5.28. The van der Waals surface area contributed by atoms with Crippen LogP contribution in [-0.4, -0.2) is 19.3 Å². The monoisotopic (exact) mass is 271 g/mol. The van der Waals surface area contributed by atoms with Gasteiger partial charge in [-0.25, -0.2) is 4.39 Å². The molecule has 1 N–H and O–H groups in total. The van der Waals surface area contributed by atoms with Crippen molar-refractivity contribution in [3.63, 3.8) is 0 Å². The van der Waals surface area contributed by atoms with Crippen molar-refractivity contribution in [1.29, 1.82) is 0 Å². The van der Waals surface area contributed by atoms with Crippen molar-refractivity contribution < 1.29 is 9.13 Å². The standard InChI is InChI=1S/C14H19ClFNO/c1-9(10-6-7-11(15)12(16)8-10)17-13-4-3-5-14(13)18-2/h6-9,13-14,17H,3-5H2,1-2H3. The van der Waals surface area contributed by atoms with E-state index >= 15 is 0 Å². The van der Waals surface area contributed by atoms with Crippen molar-refractivity contribution in [1.82, 2.24) is 5.32 Å². The lowest BCUT2D eigenvalue weighted by molar-refractivity contribution is 0.0819. The van der Waals surface area contributed by atoms with Gasteiger partial charge in [-0.05, 0) is 43.9 Å². The lowest BCUT2D eigenvalue weighted by Gasteiger charge is -2.24. The van der Waals surface area contributed by atoms with Crippen LogP contribution in [0.1, 0.15) is 37.8 Å². The molecule has 0 bridgehead atoms. The second-order valence-electron chi connectivity index (χ2n) is 4.87. The Morgan fingerprint density at radius 1 is 1.44 bits per heavy atom. The Labute approximate surface area is 112 Å². The first-order valence-electron chi connectivity index (χ1n) is 6.35. The third-order valence-corrected chi connectivity index (χ3v) is 3.97. The molecule has 3 unspecified atom stereocenters. The Morgan fingerprint density at radius 2 is 2.22 bits per heavy atom. The molecule has 1 aliphatic rings. The van der Waals surface area contributed by atoms with Gasteiger partial charge in [-0.15, -0.1) is 0 Å². The molecular formula is C14H19ClFNO. The summed E-state index contributed by atoms with van der Waals surface area (Å²) in [4.78, 5) is 0.